The summed E-state index contributed by atoms with van der Waals surface area (Å²) in [5.74, 6) is 0.211. The minimum Gasteiger partial charge on any atom is -0.369 e. The lowest BCUT2D eigenvalue weighted by Crippen LogP contribution is -2.63. The fraction of sp³-hybridized carbons (Fsp3) is 0.625. The van der Waals surface area contributed by atoms with Gasteiger partial charge in [0.2, 0.25) is 0 Å². The number of pyridine rings is 1. The lowest BCUT2D eigenvalue weighted by Gasteiger charge is -2.47. The monoisotopic (exact) mass is 343 g/mol. The second-order valence-electron chi connectivity index (χ2n) is 6.34. The molecule has 0 unspecified atom stereocenters. The number of hydrogen-bond donors (Lipinski definition) is 1. The molecule has 1 N–H and O–H groups in total. The molecule has 1 aromatic rings. The van der Waals surface area contributed by atoms with E-state index < -0.39 is 17.8 Å². The van der Waals surface area contributed by atoms with Gasteiger partial charge in [0.15, 0.2) is 5.60 Å². The Kier molecular flexibility index (Phi) is 4.42. The molecule has 1 saturated carbocycles. The number of amides is 1. The largest absolute Gasteiger partial charge is 0.417 e. The quantitative estimate of drug-likeness (QED) is 0.913. The highest BCUT2D eigenvalue weighted by Crippen LogP contribution is 2.47. The average molecular weight is 343 g/mol. The fourth-order valence-electron chi connectivity index (χ4n) is 3.37. The number of ether oxygens (including phenoxy) is 1. The van der Waals surface area contributed by atoms with Crippen LogP contribution in [0, 0.1) is 0 Å². The molecule has 1 aromatic heterocycles. The molecule has 2 heterocycles. The summed E-state index contributed by atoms with van der Waals surface area (Å²) in [4.78, 5) is 18.8. The molecule has 0 radical (unpaired) electrons. The maximum atomic E-state index is 13.0. The summed E-state index contributed by atoms with van der Waals surface area (Å²) in [5.41, 5.74) is -1.74. The van der Waals surface area contributed by atoms with E-state index in [1.165, 1.54) is 0 Å². The van der Waals surface area contributed by atoms with E-state index >= 15 is 0 Å². The summed E-state index contributed by atoms with van der Waals surface area (Å²) < 4.78 is 43.7. The first-order valence-electron chi connectivity index (χ1n) is 7.99. The van der Waals surface area contributed by atoms with Gasteiger partial charge in [0.25, 0.3) is 5.91 Å². The van der Waals surface area contributed by atoms with Crippen molar-refractivity contribution in [3.8, 4) is 0 Å². The second kappa shape index (κ2) is 6.23. The highest BCUT2D eigenvalue weighted by atomic mass is 19.4. The molecule has 2 aliphatic rings. The number of carbonyl (C=O) groups is 1. The predicted octanol–water partition coefficient (Wildman–Crippen LogP) is 2.52. The molecule has 1 aliphatic carbocycles. The van der Waals surface area contributed by atoms with Gasteiger partial charge in [-0.25, -0.2) is 4.98 Å². The molecule has 132 valence electrons. The van der Waals surface area contributed by atoms with Crippen molar-refractivity contribution >= 4 is 11.7 Å². The molecule has 0 spiro atoms. The molecule has 1 saturated heterocycles. The summed E-state index contributed by atoms with van der Waals surface area (Å²) >= 11 is 0. The van der Waals surface area contributed by atoms with Gasteiger partial charge in [-0.3, -0.25) is 4.79 Å². The number of nitrogens with zero attached hydrogens (tertiary/aromatic N) is 2. The van der Waals surface area contributed by atoms with Crippen molar-refractivity contribution in [2.75, 3.05) is 25.1 Å². The zero-order valence-electron chi connectivity index (χ0n) is 13.4. The third-order valence-corrected chi connectivity index (χ3v) is 4.83. The fourth-order valence-corrected chi connectivity index (χ4v) is 3.37. The summed E-state index contributed by atoms with van der Waals surface area (Å²) in [6.07, 6.45) is -1.26. The van der Waals surface area contributed by atoms with Crippen LogP contribution in [0.4, 0.5) is 19.0 Å². The maximum absolute atomic E-state index is 13.0. The van der Waals surface area contributed by atoms with E-state index in [1.54, 1.807) is 18.3 Å². The molecule has 1 aliphatic heterocycles. The van der Waals surface area contributed by atoms with Gasteiger partial charge in [-0.2, -0.15) is 13.2 Å². The van der Waals surface area contributed by atoms with Crippen LogP contribution >= 0.6 is 0 Å². The molecule has 0 bridgehead atoms. The highest BCUT2D eigenvalue weighted by molar-refractivity contribution is 5.99. The minimum atomic E-state index is -4.43. The topological polar surface area (TPSA) is 54.5 Å². The van der Waals surface area contributed by atoms with Gasteiger partial charge < -0.3 is 15.0 Å². The first-order chi connectivity index (χ1) is 11.4. The number of methoxy groups -OCH3 is 1. The van der Waals surface area contributed by atoms with Crippen molar-refractivity contribution in [2.24, 2.45) is 0 Å². The second-order valence-corrected chi connectivity index (χ2v) is 6.34. The van der Waals surface area contributed by atoms with E-state index in [-0.39, 0.29) is 18.7 Å². The van der Waals surface area contributed by atoms with Crippen LogP contribution in [-0.4, -0.2) is 48.9 Å². The van der Waals surface area contributed by atoms with E-state index in [2.05, 4.69) is 15.0 Å². The zero-order valence-corrected chi connectivity index (χ0v) is 13.4. The number of rotatable bonds is 4. The van der Waals surface area contributed by atoms with Gasteiger partial charge >= 0.3 is 6.18 Å². The zero-order chi connectivity index (χ0) is 17.4. The molecular formula is C16H20F3N3O2. The number of carbonyl (C=O) groups excluding carboxylic acids is 1. The molecule has 2 fully saturated rings. The molecule has 3 rings (SSSR count). The number of alkyl halides is 3. The molecule has 8 heteroatoms. The highest BCUT2D eigenvalue weighted by Gasteiger charge is 2.63. The minimum absolute atomic E-state index is 0.266. The van der Waals surface area contributed by atoms with E-state index in [0.717, 1.165) is 33.0 Å². The first kappa shape index (κ1) is 17.0. The third-order valence-electron chi connectivity index (χ3n) is 4.83. The van der Waals surface area contributed by atoms with Gasteiger partial charge in [-0.05, 0) is 25.0 Å². The normalized spacial score (nSPS) is 27.0. The molecule has 24 heavy (non-hydrogen) atoms. The van der Waals surface area contributed by atoms with E-state index in [1.807, 2.05) is 4.90 Å². The van der Waals surface area contributed by atoms with Crippen LogP contribution in [0.5, 0.6) is 0 Å². The Balaban J connectivity index is 1.67. The van der Waals surface area contributed by atoms with Crippen LogP contribution in [-0.2, 0) is 4.74 Å². The van der Waals surface area contributed by atoms with Crippen molar-refractivity contribution in [2.45, 2.75) is 43.5 Å². The standard InChI is InChI=1S/C16H20F3N3O2/c1-24-15(16(17,18)19)9-11(10-15)21-14(23)12-5-4-6-20-13(12)22-7-2-3-8-22/h4-6,11H,2-3,7-10H2,1H3,(H,21,23). The number of aromatic nitrogens is 1. The summed E-state index contributed by atoms with van der Waals surface area (Å²) in [6.45, 7) is 1.67. The van der Waals surface area contributed by atoms with Crippen LogP contribution in [0.25, 0.3) is 0 Å². The van der Waals surface area contributed by atoms with Gasteiger partial charge in [-0.15, -0.1) is 0 Å². The van der Waals surface area contributed by atoms with E-state index in [4.69, 9.17) is 0 Å². The molecular weight excluding hydrogens is 323 g/mol. The van der Waals surface area contributed by atoms with Crippen LogP contribution in [0.3, 0.4) is 0 Å². The Morgan fingerprint density at radius 2 is 2.04 bits per heavy atom. The average Bonchev–Trinajstić information content (AvgIpc) is 3.03. The van der Waals surface area contributed by atoms with Gasteiger partial charge in [0.05, 0.1) is 5.56 Å². The van der Waals surface area contributed by atoms with E-state index in [9.17, 15) is 18.0 Å². The van der Waals surface area contributed by atoms with Crippen molar-refractivity contribution in [1.82, 2.24) is 10.3 Å². The Labute approximate surface area is 138 Å². The number of halogens is 3. The van der Waals surface area contributed by atoms with Gasteiger partial charge in [-0.1, -0.05) is 0 Å². The lowest BCUT2D eigenvalue weighted by atomic mass is 9.74. The molecule has 1 amide bonds. The predicted molar refractivity (Wildman–Crippen MR) is 82.0 cm³/mol. The molecule has 0 aromatic carbocycles. The Bertz CT molecular complexity index is 609. The van der Waals surface area contributed by atoms with Crippen LogP contribution in [0.15, 0.2) is 18.3 Å². The van der Waals surface area contributed by atoms with Crippen molar-refractivity contribution in [3.05, 3.63) is 23.9 Å². The molecule has 0 atom stereocenters. The van der Waals surface area contributed by atoms with Gasteiger partial charge in [0.1, 0.15) is 5.82 Å². The third kappa shape index (κ3) is 2.94. The Morgan fingerprint density at radius 1 is 1.38 bits per heavy atom. The Morgan fingerprint density at radius 3 is 2.62 bits per heavy atom. The van der Waals surface area contributed by atoms with Crippen LogP contribution in [0.2, 0.25) is 0 Å². The summed E-state index contributed by atoms with van der Waals surface area (Å²) in [6, 6.07) is 2.76. The van der Waals surface area contributed by atoms with Gasteiger partial charge in [0, 0.05) is 45.3 Å². The van der Waals surface area contributed by atoms with Crippen molar-refractivity contribution in [3.63, 3.8) is 0 Å². The molecule has 5 nitrogen and oxygen atoms in total. The maximum Gasteiger partial charge on any atom is 0.417 e. The summed E-state index contributed by atoms with van der Waals surface area (Å²) in [7, 11) is 1.05. The Hall–Kier alpha value is -1.83. The number of hydrogen-bond acceptors (Lipinski definition) is 4. The SMILES string of the molecule is COC1(C(F)(F)F)CC(NC(=O)c2cccnc2N2CCCC2)C1. The van der Waals surface area contributed by atoms with E-state index in [0.29, 0.717) is 11.4 Å². The van der Waals surface area contributed by atoms with Crippen LogP contribution < -0.4 is 10.2 Å². The number of anilines is 1. The lowest BCUT2D eigenvalue weighted by molar-refractivity contribution is -0.301. The summed E-state index contributed by atoms with van der Waals surface area (Å²) in [5, 5.41) is 2.67. The van der Waals surface area contributed by atoms with Crippen LogP contribution in [0.1, 0.15) is 36.0 Å². The number of nitrogens with one attached hydrogen (secondary N) is 1. The van der Waals surface area contributed by atoms with Crippen molar-refractivity contribution in [1.29, 1.82) is 0 Å². The van der Waals surface area contributed by atoms with Crippen molar-refractivity contribution < 1.29 is 22.7 Å². The first-order valence-corrected chi connectivity index (χ1v) is 7.99. The smallest absolute Gasteiger partial charge is 0.369 e.